The average Bonchev–Trinajstić information content (AvgIpc) is 2.93. The van der Waals surface area contributed by atoms with Gasteiger partial charge in [0.1, 0.15) is 0 Å². The summed E-state index contributed by atoms with van der Waals surface area (Å²) in [5.74, 6) is 0.485. The van der Waals surface area contributed by atoms with Crippen LogP contribution in [0.5, 0.6) is 0 Å². The summed E-state index contributed by atoms with van der Waals surface area (Å²) in [4.78, 5) is 1.14. The Hall–Kier alpha value is -1.16. The topological polar surface area (TPSA) is 46.2 Å². The fraction of sp³-hybridized carbons (Fsp3) is 0.375. The Bertz CT molecular complexity index is 490. The van der Waals surface area contributed by atoms with E-state index >= 15 is 0 Å². The summed E-state index contributed by atoms with van der Waals surface area (Å²) in [5.41, 5.74) is 8.05. The fourth-order valence-electron chi connectivity index (χ4n) is 2.21. The highest BCUT2D eigenvalue weighted by molar-refractivity contribution is 7.10. The van der Waals surface area contributed by atoms with Crippen LogP contribution in [0.4, 0.5) is 0 Å². The molecule has 0 bridgehead atoms. The summed E-state index contributed by atoms with van der Waals surface area (Å²) >= 11 is 1.65. The highest BCUT2D eigenvalue weighted by Gasteiger charge is 2.22. The summed E-state index contributed by atoms with van der Waals surface area (Å²) in [6.45, 7) is 4.78. The van der Waals surface area contributed by atoms with Gasteiger partial charge in [-0.05, 0) is 28.5 Å². The largest absolute Gasteiger partial charge is 0.388 e. The molecule has 0 spiro atoms. The molecular formula is C16H21NOS. The average molecular weight is 275 g/mol. The van der Waals surface area contributed by atoms with Crippen molar-refractivity contribution in [2.24, 2.45) is 5.73 Å². The van der Waals surface area contributed by atoms with E-state index in [-0.39, 0.29) is 5.92 Å². The molecule has 2 nitrogen and oxygen atoms in total. The van der Waals surface area contributed by atoms with Gasteiger partial charge in [0.2, 0.25) is 0 Å². The van der Waals surface area contributed by atoms with Gasteiger partial charge in [-0.2, -0.15) is 0 Å². The Morgan fingerprint density at radius 2 is 1.74 bits per heavy atom. The summed E-state index contributed by atoms with van der Waals surface area (Å²) in [7, 11) is 0. The molecule has 0 saturated carbocycles. The Morgan fingerprint density at radius 1 is 1.11 bits per heavy atom. The third kappa shape index (κ3) is 3.24. The van der Waals surface area contributed by atoms with Crippen molar-refractivity contribution in [3.8, 4) is 0 Å². The Balaban J connectivity index is 2.20. The normalized spacial score (nSPS) is 14.6. The molecule has 2 atom stereocenters. The van der Waals surface area contributed by atoms with Gasteiger partial charge >= 0.3 is 0 Å². The van der Waals surface area contributed by atoms with Gasteiger partial charge in [-0.15, -0.1) is 11.3 Å². The molecule has 0 radical (unpaired) electrons. The lowest BCUT2D eigenvalue weighted by Gasteiger charge is -2.21. The molecule has 0 saturated heterocycles. The Morgan fingerprint density at radius 3 is 2.21 bits per heavy atom. The highest BCUT2D eigenvalue weighted by atomic mass is 32.1. The van der Waals surface area contributed by atoms with Crippen molar-refractivity contribution in [3.63, 3.8) is 0 Å². The third-order valence-corrected chi connectivity index (χ3v) is 4.49. The van der Waals surface area contributed by atoms with Crippen LogP contribution in [-0.2, 0) is 0 Å². The zero-order valence-electron chi connectivity index (χ0n) is 11.4. The number of hydrogen-bond donors (Lipinski definition) is 2. The molecule has 19 heavy (non-hydrogen) atoms. The zero-order chi connectivity index (χ0) is 13.8. The van der Waals surface area contributed by atoms with Gasteiger partial charge in [0.05, 0.1) is 6.10 Å². The van der Waals surface area contributed by atoms with Crippen LogP contribution in [0, 0.1) is 0 Å². The number of aliphatic hydroxyl groups is 1. The van der Waals surface area contributed by atoms with E-state index in [1.807, 2.05) is 29.6 Å². The first-order valence-corrected chi connectivity index (χ1v) is 7.52. The molecule has 1 aromatic carbocycles. The SMILES string of the molecule is CC(C)c1ccc(C(O)C(CN)c2cccs2)cc1. The number of aliphatic hydroxyl groups excluding tert-OH is 1. The molecule has 102 valence electrons. The molecule has 0 aliphatic carbocycles. The minimum Gasteiger partial charge on any atom is -0.388 e. The second kappa shape index (κ2) is 6.33. The summed E-state index contributed by atoms with van der Waals surface area (Å²) in [6.07, 6.45) is -0.537. The third-order valence-electron chi connectivity index (χ3n) is 3.49. The molecular weight excluding hydrogens is 254 g/mol. The number of thiophene rings is 1. The van der Waals surface area contributed by atoms with Crippen LogP contribution in [0.1, 0.15) is 47.8 Å². The standard InChI is InChI=1S/C16H21NOS/c1-11(2)12-5-7-13(8-6-12)16(18)14(10-17)15-4-3-9-19-15/h3-9,11,14,16,18H,10,17H2,1-2H3. The van der Waals surface area contributed by atoms with Crippen molar-refractivity contribution >= 4 is 11.3 Å². The smallest absolute Gasteiger partial charge is 0.0878 e. The molecule has 1 aromatic heterocycles. The number of rotatable bonds is 5. The minimum atomic E-state index is -0.537. The molecule has 0 aliphatic heterocycles. The molecule has 2 aromatic rings. The van der Waals surface area contributed by atoms with E-state index in [2.05, 4.69) is 26.0 Å². The van der Waals surface area contributed by atoms with E-state index < -0.39 is 6.10 Å². The van der Waals surface area contributed by atoms with E-state index in [1.165, 1.54) is 5.56 Å². The van der Waals surface area contributed by atoms with Gasteiger partial charge in [0.15, 0.2) is 0 Å². The maximum absolute atomic E-state index is 10.5. The lowest BCUT2D eigenvalue weighted by atomic mass is 9.92. The van der Waals surface area contributed by atoms with Crippen LogP contribution in [0.3, 0.4) is 0 Å². The van der Waals surface area contributed by atoms with Gasteiger partial charge < -0.3 is 10.8 Å². The summed E-state index contributed by atoms with van der Waals surface area (Å²) < 4.78 is 0. The molecule has 0 amide bonds. The first kappa shape index (κ1) is 14.3. The van der Waals surface area contributed by atoms with Gasteiger partial charge in [-0.3, -0.25) is 0 Å². The molecule has 1 heterocycles. The minimum absolute atomic E-state index is 0.0232. The van der Waals surface area contributed by atoms with E-state index in [0.717, 1.165) is 10.4 Å². The van der Waals surface area contributed by atoms with Crippen molar-refractivity contribution in [2.45, 2.75) is 31.8 Å². The number of nitrogens with two attached hydrogens (primary N) is 1. The van der Waals surface area contributed by atoms with Crippen LogP contribution in [0.15, 0.2) is 41.8 Å². The number of hydrogen-bond acceptors (Lipinski definition) is 3. The van der Waals surface area contributed by atoms with Crippen LogP contribution in [-0.4, -0.2) is 11.7 Å². The highest BCUT2D eigenvalue weighted by Crippen LogP contribution is 2.33. The molecule has 3 N–H and O–H groups in total. The predicted octanol–water partition coefficient (Wildman–Crippen LogP) is 3.65. The van der Waals surface area contributed by atoms with E-state index in [1.54, 1.807) is 11.3 Å². The molecule has 0 aliphatic rings. The van der Waals surface area contributed by atoms with Crippen LogP contribution in [0.25, 0.3) is 0 Å². The first-order chi connectivity index (χ1) is 9.13. The van der Waals surface area contributed by atoms with Gasteiger partial charge in [-0.25, -0.2) is 0 Å². The van der Waals surface area contributed by atoms with Crippen molar-refractivity contribution in [1.82, 2.24) is 0 Å². The zero-order valence-corrected chi connectivity index (χ0v) is 12.2. The second-order valence-electron chi connectivity index (χ2n) is 5.12. The fourth-order valence-corrected chi connectivity index (χ4v) is 3.08. The van der Waals surface area contributed by atoms with Crippen LogP contribution >= 0.6 is 11.3 Å². The summed E-state index contributed by atoms with van der Waals surface area (Å²) in [5, 5.41) is 12.5. The monoisotopic (exact) mass is 275 g/mol. The first-order valence-electron chi connectivity index (χ1n) is 6.65. The van der Waals surface area contributed by atoms with Gasteiger partial charge in [0, 0.05) is 17.3 Å². The predicted molar refractivity (Wildman–Crippen MR) is 81.6 cm³/mol. The second-order valence-corrected chi connectivity index (χ2v) is 6.10. The van der Waals surface area contributed by atoms with Crippen molar-refractivity contribution in [1.29, 1.82) is 0 Å². The maximum atomic E-state index is 10.5. The van der Waals surface area contributed by atoms with E-state index in [0.29, 0.717) is 12.5 Å². The quantitative estimate of drug-likeness (QED) is 0.875. The van der Waals surface area contributed by atoms with Gasteiger partial charge in [0.25, 0.3) is 0 Å². The lowest BCUT2D eigenvalue weighted by molar-refractivity contribution is 0.149. The Labute approximate surface area is 118 Å². The van der Waals surface area contributed by atoms with Crippen molar-refractivity contribution < 1.29 is 5.11 Å². The van der Waals surface area contributed by atoms with Crippen molar-refractivity contribution in [3.05, 3.63) is 57.8 Å². The number of benzene rings is 1. The molecule has 2 unspecified atom stereocenters. The molecule has 3 heteroatoms. The van der Waals surface area contributed by atoms with Crippen molar-refractivity contribution in [2.75, 3.05) is 6.54 Å². The Kier molecular flexibility index (Phi) is 4.75. The van der Waals surface area contributed by atoms with E-state index in [4.69, 9.17) is 5.73 Å². The molecule has 0 fully saturated rings. The maximum Gasteiger partial charge on any atom is 0.0878 e. The molecule has 2 rings (SSSR count). The lowest BCUT2D eigenvalue weighted by Crippen LogP contribution is -2.19. The summed E-state index contributed by atoms with van der Waals surface area (Å²) in [6, 6.07) is 12.2. The van der Waals surface area contributed by atoms with Gasteiger partial charge in [-0.1, -0.05) is 44.2 Å². The van der Waals surface area contributed by atoms with Crippen LogP contribution < -0.4 is 5.73 Å². The van der Waals surface area contributed by atoms with Crippen LogP contribution in [0.2, 0.25) is 0 Å². The van der Waals surface area contributed by atoms with E-state index in [9.17, 15) is 5.11 Å².